The van der Waals surface area contributed by atoms with Crippen molar-refractivity contribution in [1.82, 2.24) is 9.97 Å². The molecule has 0 bridgehead atoms. The van der Waals surface area contributed by atoms with Crippen LogP contribution in [0.5, 0.6) is 0 Å². The second-order valence-electron chi connectivity index (χ2n) is 5.05. The molecule has 1 aromatic heterocycles. The van der Waals surface area contributed by atoms with Gasteiger partial charge in [0.25, 0.3) is 5.56 Å². The van der Waals surface area contributed by atoms with Crippen LogP contribution in [0.1, 0.15) is 44.9 Å². The van der Waals surface area contributed by atoms with Crippen LogP contribution in [0.15, 0.2) is 10.9 Å². The molecule has 1 heterocycles. The molecular weight excluding hydrogens is 214 g/mol. The molecule has 1 unspecified atom stereocenters. The average molecular weight is 235 g/mol. The zero-order valence-corrected chi connectivity index (χ0v) is 10.6. The molecule has 94 valence electrons. The minimum absolute atomic E-state index is 0.0872. The van der Waals surface area contributed by atoms with Crippen molar-refractivity contribution in [1.29, 1.82) is 0 Å². The number of hydrogen-bond acceptors (Lipinski definition) is 3. The molecule has 0 aliphatic heterocycles. The van der Waals surface area contributed by atoms with Crippen LogP contribution in [-0.2, 0) is 0 Å². The highest BCUT2D eigenvalue weighted by Gasteiger charge is 2.20. The van der Waals surface area contributed by atoms with Crippen LogP contribution in [0.4, 0.5) is 5.82 Å². The van der Waals surface area contributed by atoms with Crippen LogP contribution in [-0.4, -0.2) is 16.0 Å². The maximum atomic E-state index is 11.3. The van der Waals surface area contributed by atoms with Gasteiger partial charge in [-0.1, -0.05) is 19.3 Å². The Bertz CT molecular complexity index is 421. The number of anilines is 1. The number of nitrogens with one attached hydrogen (secondary N) is 2. The summed E-state index contributed by atoms with van der Waals surface area (Å²) in [7, 11) is 0. The molecule has 4 nitrogen and oxygen atoms in total. The van der Waals surface area contributed by atoms with Crippen molar-refractivity contribution < 1.29 is 0 Å². The van der Waals surface area contributed by atoms with E-state index in [1.165, 1.54) is 38.2 Å². The van der Waals surface area contributed by atoms with Gasteiger partial charge in [-0.25, -0.2) is 4.98 Å². The molecular formula is C13H21N3O. The minimum atomic E-state index is -0.0872. The van der Waals surface area contributed by atoms with Gasteiger partial charge in [-0.3, -0.25) is 4.79 Å². The van der Waals surface area contributed by atoms with Crippen molar-refractivity contribution in [3.8, 4) is 0 Å². The van der Waals surface area contributed by atoms with E-state index in [9.17, 15) is 4.79 Å². The first-order valence-corrected chi connectivity index (χ1v) is 6.49. The largest absolute Gasteiger partial charge is 0.367 e. The van der Waals surface area contributed by atoms with Crippen molar-refractivity contribution in [3.63, 3.8) is 0 Å². The molecule has 0 spiro atoms. The van der Waals surface area contributed by atoms with E-state index in [1.807, 2.05) is 0 Å². The van der Waals surface area contributed by atoms with Crippen LogP contribution in [0, 0.1) is 12.8 Å². The van der Waals surface area contributed by atoms with Gasteiger partial charge in [0.2, 0.25) is 0 Å². The lowest BCUT2D eigenvalue weighted by atomic mass is 9.84. The fourth-order valence-electron chi connectivity index (χ4n) is 2.64. The fraction of sp³-hybridized carbons (Fsp3) is 0.692. The van der Waals surface area contributed by atoms with Gasteiger partial charge < -0.3 is 10.3 Å². The monoisotopic (exact) mass is 235 g/mol. The smallest absolute Gasteiger partial charge is 0.252 e. The van der Waals surface area contributed by atoms with Gasteiger partial charge in [0.1, 0.15) is 11.6 Å². The lowest BCUT2D eigenvalue weighted by Gasteiger charge is -2.28. The summed E-state index contributed by atoms with van der Waals surface area (Å²) in [5, 5.41) is 3.36. The third kappa shape index (κ3) is 3.32. The van der Waals surface area contributed by atoms with Crippen molar-refractivity contribution >= 4 is 5.82 Å². The van der Waals surface area contributed by atoms with Crippen LogP contribution in [0.2, 0.25) is 0 Å². The Kier molecular flexibility index (Phi) is 3.82. The molecule has 4 heteroatoms. The van der Waals surface area contributed by atoms with E-state index in [0.717, 1.165) is 0 Å². The highest BCUT2D eigenvalue weighted by atomic mass is 16.1. The van der Waals surface area contributed by atoms with Crippen LogP contribution < -0.4 is 10.9 Å². The fourth-order valence-corrected chi connectivity index (χ4v) is 2.64. The molecule has 0 radical (unpaired) electrons. The van der Waals surface area contributed by atoms with Crippen molar-refractivity contribution in [3.05, 3.63) is 22.2 Å². The molecule has 1 atom stereocenters. The first-order chi connectivity index (χ1) is 8.15. The number of aromatic nitrogens is 2. The van der Waals surface area contributed by atoms with E-state index in [2.05, 4.69) is 22.2 Å². The predicted molar refractivity (Wildman–Crippen MR) is 69.3 cm³/mol. The quantitative estimate of drug-likeness (QED) is 0.846. The van der Waals surface area contributed by atoms with Gasteiger partial charge in [-0.05, 0) is 32.6 Å². The van der Waals surface area contributed by atoms with Crippen molar-refractivity contribution in [2.24, 2.45) is 5.92 Å². The number of hydrogen-bond donors (Lipinski definition) is 2. The normalized spacial score (nSPS) is 18.9. The predicted octanol–water partition coefficient (Wildman–Crippen LogP) is 2.46. The molecule has 2 rings (SSSR count). The molecule has 1 fully saturated rings. The van der Waals surface area contributed by atoms with Gasteiger partial charge in [0, 0.05) is 12.1 Å². The van der Waals surface area contributed by atoms with E-state index in [0.29, 0.717) is 23.6 Å². The van der Waals surface area contributed by atoms with E-state index < -0.39 is 0 Å². The van der Waals surface area contributed by atoms with Crippen molar-refractivity contribution in [2.45, 2.75) is 52.0 Å². The van der Waals surface area contributed by atoms with Gasteiger partial charge in [0.05, 0.1) is 0 Å². The third-order valence-electron chi connectivity index (χ3n) is 3.59. The molecule has 0 saturated heterocycles. The molecule has 2 N–H and O–H groups in total. The lowest BCUT2D eigenvalue weighted by molar-refractivity contribution is 0.328. The molecule has 1 aliphatic carbocycles. The SMILES string of the molecule is Cc1nc(NC(C)C2CCCCC2)cc(=O)[nH]1. The van der Waals surface area contributed by atoms with Gasteiger partial charge in [-0.15, -0.1) is 0 Å². The molecule has 1 aliphatic rings. The zero-order valence-electron chi connectivity index (χ0n) is 10.6. The van der Waals surface area contributed by atoms with E-state index in [-0.39, 0.29) is 5.56 Å². The van der Waals surface area contributed by atoms with Gasteiger partial charge >= 0.3 is 0 Å². The second-order valence-corrected chi connectivity index (χ2v) is 5.05. The number of nitrogens with zero attached hydrogens (tertiary/aromatic N) is 1. The Morgan fingerprint density at radius 1 is 1.41 bits per heavy atom. The highest BCUT2D eigenvalue weighted by molar-refractivity contribution is 5.34. The van der Waals surface area contributed by atoms with Crippen LogP contribution in [0.25, 0.3) is 0 Å². The maximum Gasteiger partial charge on any atom is 0.252 e. The van der Waals surface area contributed by atoms with Crippen LogP contribution in [0.3, 0.4) is 0 Å². The molecule has 1 saturated carbocycles. The lowest BCUT2D eigenvalue weighted by Crippen LogP contribution is -2.28. The summed E-state index contributed by atoms with van der Waals surface area (Å²) in [4.78, 5) is 18.3. The van der Waals surface area contributed by atoms with E-state index in [1.54, 1.807) is 6.92 Å². The molecule has 1 aromatic rings. The van der Waals surface area contributed by atoms with E-state index >= 15 is 0 Å². The maximum absolute atomic E-state index is 11.3. The first-order valence-electron chi connectivity index (χ1n) is 6.49. The van der Waals surface area contributed by atoms with Gasteiger partial charge in [0.15, 0.2) is 0 Å². The Labute approximate surface area is 102 Å². The Balaban J connectivity index is 2.01. The first kappa shape index (κ1) is 12.1. The summed E-state index contributed by atoms with van der Waals surface area (Å²) in [6, 6.07) is 1.93. The summed E-state index contributed by atoms with van der Waals surface area (Å²) in [5.74, 6) is 2.07. The zero-order chi connectivity index (χ0) is 12.3. The topological polar surface area (TPSA) is 57.8 Å². The second kappa shape index (κ2) is 5.34. The summed E-state index contributed by atoms with van der Waals surface area (Å²) in [6.07, 6.45) is 6.61. The average Bonchev–Trinajstić information content (AvgIpc) is 2.28. The third-order valence-corrected chi connectivity index (χ3v) is 3.59. The van der Waals surface area contributed by atoms with Crippen LogP contribution >= 0.6 is 0 Å². The number of H-pyrrole nitrogens is 1. The minimum Gasteiger partial charge on any atom is -0.367 e. The number of rotatable bonds is 3. The summed E-state index contributed by atoms with van der Waals surface area (Å²) < 4.78 is 0. The van der Waals surface area contributed by atoms with Crippen molar-refractivity contribution in [2.75, 3.05) is 5.32 Å². The number of aromatic amines is 1. The van der Waals surface area contributed by atoms with Gasteiger partial charge in [-0.2, -0.15) is 0 Å². The standard InChI is InChI=1S/C13H21N3O/c1-9(11-6-4-3-5-7-11)14-12-8-13(17)16-10(2)15-12/h8-9,11H,3-7H2,1-2H3,(H2,14,15,16,17). The summed E-state index contributed by atoms with van der Waals surface area (Å²) in [6.45, 7) is 3.99. The molecule has 17 heavy (non-hydrogen) atoms. The Morgan fingerprint density at radius 3 is 2.76 bits per heavy atom. The Morgan fingerprint density at radius 2 is 2.12 bits per heavy atom. The Hall–Kier alpha value is -1.32. The highest BCUT2D eigenvalue weighted by Crippen LogP contribution is 2.27. The summed E-state index contributed by atoms with van der Waals surface area (Å²) >= 11 is 0. The summed E-state index contributed by atoms with van der Waals surface area (Å²) in [5.41, 5.74) is -0.0872. The van der Waals surface area contributed by atoms with E-state index in [4.69, 9.17) is 0 Å². The number of aryl methyl sites for hydroxylation is 1. The molecule has 0 amide bonds. The molecule has 0 aromatic carbocycles.